The lowest BCUT2D eigenvalue weighted by Crippen LogP contribution is -2.27. The molecule has 0 aliphatic rings. The topological polar surface area (TPSA) is 42.0 Å². The Morgan fingerprint density at radius 3 is 2.45 bits per heavy atom. The first kappa shape index (κ1) is 16.3. The molecular weight excluding hydrogens is 317 g/mol. The fourth-order valence-electron chi connectivity index (χ4n) is 1.88. The first-order valence-electron chi connectivity index (χ1n) is 6.37. The van der Waals surface area contributed by atoms with Crippen molar-refractivity contribution in [2.75, 3.05) is 0 Å². The van der Waals surface area contributed by atoms with E-state index >= 15 is 0 Å². The second-order valence-corrected chi connectivity index (χ2v) is 5.05. The maximum atomic E-state index is 12.4. The molecule has 0 aliphatic heterocycles. The largest absolute Gasteiger partial charge is 0.433 e. The molecule has 1 aromatic heterocycles. The van der Waals surface area contributed by atoms with Gasteiger partial charge in [0.15, 0.2) is 0 Å². The predicted molar refractivity (Wildman–Crippen MR) is 76.6 cm³/mol. The summed E-state index contributed by atoms with van der Waals surface area (Å²) in [6.07, 6.45) is -3.63. The molecule has 1 aromatic carbocycles. The molecule has 0 bridgehead atoms. The van der Waals surface area contributed by atoms with Crippen LogP contribution >= 0.6 is 11.6 Å². The van der Waals surface area contributed by atoms with Crippen LogP contribution < -0.4 is 5.32 Å². The first-order valence-corrected chi connectivity index (χ1v) is 6.75. The van der Waals surface area contributed by atoms with Crippen LogP contribution in [0, 0.1) is 0 Å². The molecule has 0 radical (unpaired) electrons. The van der Waals surface area contributed by atoms with Gasteiger partial charge in [-0.05, 0) is 30.7 Å². The van der Waals surface area contributed by atoms with Crippen molar-refractivity contribution >= 4 is 17.5 Å². The fraction of sp³-hybridized carbons (Fsp3) is 0.200. The number of pyridine rings is 1. The predicted octanol–water partition coefficient (Wildman–Crippen LogP) is 4.24. The lowest BCUT2D eigenvalue weighted by molar-refractivity contribution is -0.141. The van der Waals surface area contributed by atoms with Gasteiger partial charge in [-0.15, -0.1) is 0 Å². The Kier molecular flexibility index (Phi) is 4.71. The van der Waals surface area contributed by atoms with Gasteiger partial charge in [0, 0.05) is 11.2 Å². The van der Waals surface area contributed by atoms with Gasteiger partial charge in [-0.2, -0.15) is 13.2 Å². The second-order valence-electron chi connectivity index (χ2n) is 4.65. The Morgan fingerprint density at radius 2 is 1.91 bits per heavy atom. The van der Waals surface area contributed by atoms with Crippen molar-refractivity contribution in [2.45, 2.75) is 19.1 Å². The minimum Gasteiger partial charge on any atom is -0.345 e. The summed E-state index contributed by atoms with van der Waals surface area (Å²) < 4.78 is 37.3. The molecule has 116 valence electrons. The van der Waals surface area contributed by atoms with Crippen molar-refractivity contribution in [3.63, 3.8) is 0 Å². The number of hydrogen-bond donors (Lipinski definition) is 1. The molecular formula is C15H12ClF3N2O. The number of carbonyl (C=O) groups excluding carboxylic acids is 1. The van der Waals surface area contributed by atoms with Crippen LogP contribution in [0.2, 0.25) is 5.02 Å². The zero-order chi connectivity index (χ0) is 16.3. The van der Waals surface area contributed by atoms with Crippen LogP contribution in [-0.2, 0) is 6.18 Å². The molecule has 3 nitrogen and oxygen atoms in total. The van der Waals surface area contributed by atoms with Gasteiger partial charge >= 0.3 is 6.18 Å². The number of benzene rings is 1. The molecule has 7 heteroatoms. The molecule has 0 aliphatic carbocycles. The Bertz CT molecular complexity index is 671. The van der Waals surface area contributed by atoms with Gasteiger partial charge in [0.2, 0.25) is 0 Å². The van der Waals surface area contributed by atoms with E-state index in [0.29, 0.717) is 5.02 Å². The third-order valence-corrected chi connectivity index (χ3v) is 3.38. The van der Waals surface area contributed by atoms with E-state index < -0.39 is 17.8 Å². The highest BCUT2D eigenvalue weighted by atomic mass is 35.5. The highest BCUT2D eigenvalue weighted by Gasteiger charge is 2.32. The third kappa shape index (κ3) is 3.76. The van der Waals surface area contributed by atoms with Gasteiger partial charge in [-0.25, -0.2) is 0 Å². The van der Waals surface area contributed by atoms with E-state index in [4.69, 9.17) is 11.6 Å². The summed E-state index contributed by atoms with van der Waals surface area (Å²) in [7, 11) is 0. The van der Waals surface area contributed by atoms with Crippen molar-refractivity contribution in [1.82, 2.24) is 10.3 Å². The molecule has 2 rings (SSSR count). The lowest BCUT2D eigenvalue weighted by atomic mass is 10.1. The van der Waals surface area contributed by atoms with Gasteiger partial charge < -0.3 is 5.32 Å². The summed E-state index contributed by atoms with van der Waals surface area (Å²) in [5.74, 6) is -0.520. The maximum Gasteiger partial charge on any atom is 0.433 e. The van der Waals surface area contributed by atoms with Crippen LogP contribution in [0.4, 0.5) is 13.2 Å². The van der Waals surface area contributed by atoms with Crippen LogP contribution in [0.1, 0.15) is 34.6 Å². The Hall–Kier alpha value is -2.08. The summed E-state index contributed by atoms with van der Waals surface area (Å²) >= 11 is 6.03. The molecule has 0 saturated carbocycles. The number of amides is 1. The molecule has 0 saturated heterocycles. The molecule has 0 spiro atoms. The average molecular weight is 329 g/mol. The van der Waals surface area contributed by atoms with E-state index in [9.17, 15) is 18.0 Å². The fourth-order valence-corrected chi connectivity index (χ4v) is 2.18. The maximum absolute atomic E-state index is 12.4. The van der Waals surface area contributed by atoms with Crippen LogP contribution in [0.15, 0.2) is 42.6 Å². The highest BCUT2D eigenvalue weighted by Crippen LogP contribution is 2.27. The van der Waals surface area contributed by atoms with Gasteiger partial charge in [0.25, 0.3) is 5.91 Å². The number of nitrogens with one attached hydrogen (secondary N) is 1. The molecule has 0 fully saturated rings. The summed E-state index contributed by atoms with van der Waals surface area (Å²) in [4.78, 5) is 15.3. The van der Waals surface area contributed by atoms with Crippen LogP contribution in [0.5, 0.6) is 0 Å². The van der Waals surface area contributed by atoms with E-state index in [1.54, 1.807) is 31.2 Å². The minimum atomic E-state index is -4.53. The van der Waals surface area contributed by atoms with E-state index in [2.05, 4.69) is 10.3 Å². The first-order chi connectivity index (χ1) is 10.3. The molecule has 1 amide bonds. The van der Waals surface area contributed by atoms with Gasteiger partial charge in [0.1, 0.15) is 5.69 Å². The highest BCUT2D eigenvalue weighted by molar-refractivity contribution is 6.31. The van der Waals surface area contributed by atoms with Crippen molar-refractivity contribution < 1.29 is 18.0 Å². The Morgan fingerprint density at radius 1 is 1.23 bits per heavy atom. The average Bonchev–Trinajstić information content (AvgIpc) is 2.46. The van der Waals surface area contributed by atoms with Crippen molar-refractivity contribution in [1.29, 1.82) is 0 Å². The molecule has 1 heterocycles. The van der Waals surface area contributed by atoms with Gasteiger partial charge in [-0.3, -0.25) is 9.78 Å². The van der Waals surface area contributed by atoms with Crippen molar-refractivity contribution in [3.05, 3.63) is 64.4 Å². The number of halogens is 4. The van der Waals surface area contributed by atoms with E-state index in [1.165, 1.54) is 0 Å². The molecule has 1 unspecified atom stereocenters. The number of rotatable bonds is 3. The molecule has 2 aromatic rings. The van der Waals surface area contributed by atoms with Crippen LogP contribution in [0.25, 0.3) is 0 Å². The zero-order valence-corrected chi connectivity index (χ0v) is 12.2. The van der Waals surface area contributed by atoms with E-state index in [-0.39, 0.29) is 11.6 Å². The number of nitrogens with zero attached hydrogens (tertiary/aromatic N) is 1. The smallest absolute Gasteiger partial charge is 0.345 e. The molecule has 1 atom stereocenters. The standard InChI is InChI=1S/C15H12ClF3N2O/c1-9(11-4-2-3-5-12(11)16)21-14(22)10-6-7-13(20-8-10)15(17,18)19/h2-9H,1H3,(H,21,22). The summed E-state index contributed by atoms with van der Waals surface area (Å²) in [5.41, 5.74) is -0.271. The SMILES string of the molecule is CC(NC(=O)c1ccc(C(F)(F)F)nc1)c1ccccc1Cl. The molecule has 1 N–H and O–H groups in total. The summed E-state index contributed by atoms with van der Waals surface area (Å²) in [6.45, 7) is 1.73. The van der Waals surface area contributed by atoms with E-state index in [0.717, 1.165) is 23.9 Å². The number of hydrogen-bond acceptors (Lipinski definition) is 2. The normalized spacial score (nSPS) is 12.8. The third-order valence-electron chi connectivity index (χ3n) is 3.04. The zero-order valence-electron chi connectivity index (χ0n) is 11.5. The number of aromatic nitrogens is 1. The van der Waals surface area contributed by atoms with Crippen LogP contribution in [-0.4, -0.2) is 10.9 Å². The minimum absolute atomic E-state index is 0.0481. The summed E-state index contributed by atoms with van der Waals surface area (Å²) in [6, 6.07) is 8.48. The van der Waals surface area contributed by atoms with Gasteiger partial charge in [0.05, 0.1) is 11.6 Å². The number of carbonyl (C=O) groups is 1. The monoisotopic (exact) mass is 328 g/mol. The lowest BCUT2D eigenvalue weighted by Gasteiger charge is -2.15. The van der Waals surface area contributed by atoms with Crippen LogP contribution in [0.3, 0.4) is 0 Å². The van der Waals surface area contributed by atoms with Crippen molar-refractivity contribution in [3.8, 4) is 0 Å². The van der Waals surface area contributed by atoms with E-state index in [1.807, 2.05) is 0 Å². The van der Waals surface area contributed by atoms with Gasteiger partial charge in [-0.1, -0.05) is 29.8 Å². The second kappa shape index (κ2) is 6.36. The Balaban J connectivity index is 2.11. The molecule has 22 heavy (non-hydrogen) atoms. The summed E-state index contributed by atoms with van der Waals surface area (Å²) in [5, 5.41) is 3.17. The number of alkyl halides is 3. The van der Waals surface area contributed by atoms with Crippen molar-refractivity contribution in [2.24, 2.45) is 0 Å². The Labute approximate surface area is 130 Å². The quantitative estimate of drug-likeness (QED) is 0.915.